The van der Waals surface area contributed by atoms with Crippen LogP contribution in [0.4, 0.5) is 5.69 Å². The van der Waals surface area contributed by atoms with Crippen molar-refractivity contribution in [2.75, 3.05) is 5.32 Å². The third kappa shape index (κ3) is 2.39. The first-order valence-corrected chi connectivity index (χ1v) is 7.43. The summed E-state index contributed by atoms with van der Waals surface area (Å²) in [6.07, 6.45) is 1.79. The molecule has 4 nitrogen and oxygen atoms in total. The Hall–Kier alpha value is -3.32. The number of rotatable bonds is 3. The summed E-state index contributed by atoms with van der Waals surface area (Å²) in [4.78, 5) is 7.72. The molecule has 0 fully saturated rings. The Morgan fingerprint density at radius 1 is 1.09 bits per heavy atom. The molecule has 0 saturated heterocycles. The molecular weight excluding hydrogens is 284 g/mol. The van der Waals surface area contributed by atoms with Crippen LogP contribution < -0.4 is 5.32 Å². The number of aromatic nitrogens is 2. The Kier molecular flexibility index (Phi) is 3.17. The minimum Gasteiger partial charge on any atom is -0.380 e. The largest absolute Gasteiger partial charge is 0.380 e. The van der Waals surface area contributed by atoms with Crippen molar-refractivity contribution >= 4 is 27.6 Å². The van der Waals surface area contributed by atoms with E-state index < -0.39 is 0 Å². The van der Waals surface area contributed by atoms with Gasteiger partial charge in [0.25, 0.3) is 0 Å². The molecule has 0 spiro atoms. The second-order valence-electron chi connectivity index (χ2n) is 5.42. The molecule has 0 saturated carbocycles. The van der Waals surface area contributed by atoms with E-state index in [9.17, 15) is 0 Å². The highest BCUT2D eigenvalue weighted by molar-refractivity contribution is 6.12. The van der Waals surface area contributed by atoms with E-state index in [0.717, 1.165) is 34.2 Å². The molecular formula is C19H14N4. The Morgan fingerprint density at radius 3 is 2.78 bits per heavy atom. The standard InChI is InChI=1S/C19H14N4/c20-11-14-6-7-16-15(10-14)18-17(8-9-21-19(18)23-16)22-12-13-4-2-1-3-5-13/h1-10H,12H2,(H2,21,22,23). The molecule has 0 unspecified atom stereocenters. The van der Waals surface area contributed by atoms with Gasteiger partial charge in [0.05, 0.1) is 11.6 Å². The molecule has 4 aromatic rings. The summed E-state index contributed by atoms with van der Waals surface area (Å²) in [6.45, 7) is 0.741. The molecule has 2 aromatic carbocycles. The molecule has 0 amide bonds. The molecule has 0 aliphatic carbocycles. The molecule has 2 N–H and O–H groups in total. The highest BCUT2D eigenvalue weighted by Gasteiger charge is 2.10. The third-order valence-corrected chi connectivity index (χ3v) is 3.95. The van der Waals surface area contributed by atoms with Gasteiger partial charge >= 0.3 is 0 Å². The predicted molar refractivity (Wildman–Crippen MR) is 92.1 cm³/mol. The van der Waals surface area contributed by atoms with Crippen molar-refractivity contribution in [1.82, 2.24) is 9.97 Å². The van der Waals surface area contributed by atoms with E-state index in [2.05, 4.69) is 33.5 Å². The fourth-order valence-electron chi connectivity index (χ4n) is 2.83. The zero-order chi connectivity index (χ0) is 15.6. The number of aromatic amines is 1. The van der Waals surface area contributed by atoms with Crippen molar-refractivity contribution in [1.29, 1.82) is 5.26 Å². The number of hydrogen-bond acceptors (Lipinski definition) is 3. The zero-order valence-corrected chi connectivity index (χ0v) is 12.4. The summed E-state index contributed by atoms with van der Waals surface area (Å²) in [5.41, 5.74) is 4.69. The van der Waals surface area contributed by atoms with Gasteiger partial charge in [0.1, 0.15) is 5.65 Å². The van der Waals surface area contributed by atoms with Gasteiger partial charge in [0, 0.05) is 34.7 Å². The van der Waals surface area contributed by atoms with Crippen LogP contribution in [0.3, 0.4) is 0 Å². The van der Waals surface area contributed by atoms with Crippen molar-refractivity contribution in [3.8, 4) is 6.07 Å². The summed E-state index contributed by atoms with van der Waals surface area (Å²) in [5, 5.41) is 14.7. The lowest BCUT2D eigenvalue weighted by atomic mass is 10.1. The van der Waals surface area contributed by atoms with Crippen molar-refractivity contribution < 1.29 is 0 Å². The molecule has 4 rings (SSSR count). The summed E-state index contributed by atoms with van der Waals surface area (Å²) < 4.78 is 0. The van der Waals surface area contributed by atoms with Crippen LogP contribution in [0.15, 0.2) is 60.8 Å². The summed E-state index contributed by atoms with van der Waals surface area (Å²) in [5.74, 6) is 0. The molecule has 2 aromatic heterocycles. The lowest BCUT2D eigenvalue weighted by Gasteiger charge is -2.08. The fraction of sp³-hybridized carbons (Fsp3) is 0.0526. The van der Waals surface area contributed by atoms with Gasteiger partial charge in [0.2, 0.25) is 0 Å². The van der Waals surface area contributed by atoms with Crippen LogP contribution in [0.2, 0.25) is 0 Å². The van der Waals surface area contributed by atoms with Crippen molar-refractivity contribution in [2.24, 2.45) is 0 Å². The van der Waals surface area contributed by atoms with Crippen molar-refractivity contribution in [3.05, 3.63) is 71.9 Å². The minimum atomic E-state index is 0.649. The fourth-order valence-corrected chi connectivity index (χ4v) is 2.83. The van der Waals surface area contributed by atoms with E-state index in [4.69, 9.17) is 5.26 Å². The van der Waals surface area contributed by atoms with Gasteiger partial charge in [-0.05, 0) is 29.8 Å². The van der Waals surface area contributed by atoms with Gasteiger partial charge in [0.15, 0.2) is 0 Å². The smallest absolute Gasteiger partial charge is 0.140 e. The number of pyridine rings is 1. The number of benzene rings is 2. The van der Waals surface area contributed by atoms with Crippen molar-refractivity contribution in [3.63, 3.8) is 0 Å². The normalized spacial score (nSPS) is 10.7. The van der Waals surface area contributed by atoms with Gasteiger partial charge in [-0.2, -0.15) is 5.26 Å². The Bertz CT molecular complexity index is 1030. The van der Waals surface area contributed by atoms with Crippen LogP contribution in [0.25, 0.3) is 21.9 Å². The van der Waals surface area contributed by atoms with E-state index in [-0.39, 0.29) is 0 Å². The molecule has 0 radical (unpaired) electrons. The first kappa shape index (κ1) is 13.4. The number of fused-ring (bicyclic) bond motifs is 3. The van der Waals surface area contributed by atoms with Crippen LogP contribution in [0, 0.1) is 11.3 Å². The molecule has 0 aliphatic rings. The summed E-state index contributed by atoms with van der Waals surface area (Å²) in [7, 11) is 0. The first-order valence-electron chi connectivity index (χ1n) is 7.43. The molecule has 2 heterocycles. The zero-order valence-electron chi connectivity index (χ0n) is 12.4. The predicted octanol–water partition coefficient (Wildman–Crippen LogP) is 4.20. The second kappa shape index (κ2) is 5.47. The number of nitrogens with one attached hydrogen (secondary N) is 2. The molecule has 4 heteroatoms. The SMILES string of the molecule is N#Cc1ccc2[nH]c3nccc(NCc4ccccc4)c3c2c1. The van der Waals surface area contributed by atoms with Crippen LogP contribution >= 0.6 is 0 Å². The molecule has 0 aliphatic heterocycles. The number of nitrogens with zero attached hydrogens (tertiary/aromatic N) is 2. The molecule has 23 heavy (non-hydrogen) atoms. The first-order chi connectivity index (χ1) is 11.3. The Balaban J connectivity index is 1.81. The van der Waals surface area contributed by atoms with Gasteiger partial charge in [-0.15, -0.1) is 0 Å². The monoisotopic (exact) mass is 298 g/mol. The van der Waals surface area contributed by atoms with Gasteiger partial charge < -0.3 is 10.3 Å². The third-order valence-electron chi connectivity index (χ3n) is 3.95. The van der Waals surface area contributed by atoms with E-state index in [0.29, 0.717) is 5.56 Å². The van der Waals surface area contributed by atoms with E-state index in [1.165, 1.54) is 5.56 Å². The van der Waals surface area contributed by atoms with Gasteiger partial charge in [-0.3, -0.25) is 0 Å². The maximum absolute atomic E-state index is 9.14. The second-order valence-corrected chi connectivity index (χ2v) is 5.42. The molecule has 0 bridgehead atoms. The highest BCUT2D eigenvalue weighted by Crippen LogP contribution is 2.31. The Morgan fingerprint density at radius 2 is 1.96 bits per heavy atom. The number of hydrogen-bond donors (Lipinski definition) is 2. The summed E-state index contributed by atoms with van der Waals surface area (Å²) in [6, 6.07) is 20.1. The van der Waals surface area contributed by atoms with Crippen LogP contribution in [0.5, 0.6) is 0 Å². The van der Waals surface area contributed by atoms with E-state index in [1.54, 1.807) is 6.20 Å². The lowest BCUT2D eigenvalue weighted by molar-refractivity contribution is 1.15. The maximum Gasteiger partial charge on any atom is 0.140 e. The average Bonchev–Trinajstić information content (AvgIpc) is 2.99. The average molecular weight is 298 g/mol. The number of nitriles is 1. The van der Waals surface area contributed by atoms with Crippen LogP contribution in [-0.2, 0) is 6.54 Å². The van der Waals surface area contributed by atoms with Gasteiger partial charge in [-0.25, -0.2) is 4.98 Å². The lowest BCUT2D eigenvalue weighted by Crippen LogP contribution is -1.99. The van der Waals surface area contributed by atoms with Gasteiger partial charge in [-0.1, -0.05) is 30.3 Å². The number of anilines is 1. The van der Waals surface area contributed by atoms with Crippen LogP contribution in [0.1, 0.15) is 11.1 Å². The maximum atomic E-state index is 9.14. The minimum absolute atomic E-state index is 0.649. The Labute approximate surface area is 133 Å². The van der Waals surface area contributed by atoms with E-state index >= 15 is 0 Å². The van der Waals surface area contributed by atoms with Crippen molar-refractivity contribution in [2.45, 2.75) is 6.54 Å². The van der Waals surface area contributed by atoms with Crippen LogP contribution in [-0.4, -0.2) is 9.97 Å². The number of H-pyrrole nitrogens is 1. The quantitative estimate of drug-likeness (QED) is 0.596. The topological polar surface area (TPSA) is 64.5 Å². The van der Waals surface area contributed by atoms with E-state index in [1.807, 2.05) is 42.5 Å². The molecule has 110 valence electrons. The molecule has 0 atom stereocenters. The highest BCUT2D eigenvalue weighted by atomic mass is 14.9. The summed E-state index contributed by atoms with van der Waals surface area (Å²) >= 11 is 0.